The van der Waals surface area contributed by atoms with Crippen molar-refractivity contribution in [1.82, 2.24) is 4.98 Å². The Morgan fingerprint density at radius 1 is 1.57 bits per heavy atom. The summed E-state index contributed by atoms with van der Waals surface area (Å²) in [6.07, 6.45) is 0.922. The van der Waals surface area contributed by atoms with Crippen molar-refractivity contribution in [1.29, 1.82) is 0 Å². The lowest BCUT2D eigenvalue weighted by Gasteiger charge is -2.37. The molecule has 0 radical (unpaired) electrons. The number of nitrogens with two attached hydrogens (primary N) is 1. The van der Waals surface area contributed by atoms with E-state index in [2.05, 4.69) is 16.8 Å². The number of halogens is 1. The lowest BCUT2D eigenvalue weighted by Crippen LogP contribution is -2.56. The fraction of sp³-hybridized carbons (Fsp3) is 0.500. The van der Waals surface area contributed by atoms with Gasteiger partial charge >= 0.3 is 0 Å². The van der Waals surface area contributed by atoms with Crippen LogP contribution in [0.5, 0.6) is 0 Å². The van der Waals surface area contributed by atoms with Crippen LogP contribution in [0.15, 0.2) is 12.1 Å². The lowest BCUT2D eigenvalue weighted by molar-refractivity contribution is 0.514. The molecule has 76 valence electrons. The minimum Gasteiger partial charge on any atom is -0.353 e. The number of aromatic nitrogens is 1. The van der Waals surface area contributed by atoms with Crippen LogP contribution in [-0.4, -0.2) is 24.1 Å². The second-order valence-corrected chi connectivity index (χ2v) is 4.00. The summed E-state index contributed by atoms with van der Waals surface area (Å²) in [6, 6.07) is 4.34. The molecule has 14 heavy (non-hydrogen) atoms. The van der Waals surface area contributed by atoms with Crippen molar-refractivity contribution in [3.63, 3.8) is 0 Å². The molecule has 1 aliphatic heterocycles. The molecule has 2 rings (SSSR count). The van der Waals surface area contributed by atoms with Gasteiger partial charge < -0.3 is 10.6 Å². The fourth-order valence-corrected chi connectivity index (χ4v) is 1.88. The molecule has 0 saturated carbocycles. The quantitative estimate of drug-likeness (QED) is 0.753. The molecular formula is C10H14ClN3. The fourth-order valence-electron chi connectivity index (χ4n) is 1.59. The summed E-state index contributed by atoms with van der Waals surface area (Å²) in [7, 11) is 0. The standard InChI is InChI=1S/C10H14ClN3/c1-2-7-3-4-9(13-10(7)11)14-5-8(12)6-14/h3-4,8H,2,5-6,12H2,1H3. The maximum atomic E-state index is 6.02. The Kier molecular flexibility index (Phi) is 2.61. The third-order valence-electron chi connectivity index (χ3n) is 2.53. The monoisotopic (exact) mass is 211 g/mol. The molecule has 0 bridgehead atoms. The number of anilines is 1. The third kappa shape index (κ3) is 1.70. The minimum absolute atomic E-state index is 0.293. The molecule has 0 spiro atoms. The smallest absolute Gasteiger partial charge is 0.134 e. The highest BCUT2D eigenvalue weighted by atomic mass is 35.5. The summed E-state index contributed by atoms with van der Waals surface area (Å²) in [5.41, 5.74) is 6.80. The molecule has 0 unspecified atom stereocenters. The topological polar surface area (TPSA) is 42.1 Å². The summed E-state index contributed by atoms with van der Waals surface area (Å²) >= 11 is 6.02. The molecule has 0 aromatic carbocycles. The Labute approximate surface area is 88.9 Å². The SMILES string of the molecule is CCc1ccc(N2CC(N)C2)nc1Cl. The predicted octanol–water partition coefficient (Wildman–Crippen LogP) is 1.44. The van der Waals surface area contributed by atoms with Crippen molar-refractivity contribution in [2.24, 2.45) is 5.73 Å². The van der Waals surface area contributed by atoms with E-state index in [-0.39, 0.29) is 0 Å². The molecule has 4 heteroatoms. The molecule has 1 fully saturated rings. The average molecular weight is 212 g/mol. The van der Waals surface area contributed by atoms with Crippen LogP contribution in [0.3, 0.4) is 0 Å². The van der Waals surface area contributed by atoms with E-state index in [0.717, 1.165) is 30.9 Å². The van der Waals surface area contributed by atoms with E-state index in [4.69, 9.17) is 17.3 Å². The van der Waals surface area contributed by atoms with E-state index in [1.807, 2.05) is 12.1 Å². The number of aryl methyl sites for hydroxylation is 1. The summed E-state index contributed by atoms with van der Waals surface area (Å²) < 4.78 is 0. The Hall–Kier alpha value is -0.800. The largest absolute Gasteiger partial charge is 0.353 e. The van der Waals surface area contributed by atoms with Gasteiger partial charge in [-0.1, -0.05) is 24.6 Å². The highest BCUT2D eigenvalue weighted by Crippen LogP contribution is 2.22. The maximum absolute atomic E-state index is 6.02. The molecule has 0 atom stereocenters. The van der Waals surface area contributed by atoms with Crippen LogP contribution in [0, 0.1) is 0 Å². The van der Waals surface area contributed by atoms with Crippen molar-refractivity contribution in [3.8, 4) is 0 Å². The van der Waals surface area contributed by atoms with Crippen molar-refractivity contribution in [3.05, 3.63) is 22.8 Å². The van der Waals surface area contributed by atoms with Gasteiger partial charge in [-0.25, -0.2) is 4.98 Å². The Morgan fingerprint density at radius 3 is 2.79 bits per heavy atom. The van der Waals surface area contributed by atoms with E-state index in [9.17, 15) is 0 Å². The van der Waals surface area contributed by atoms with Gasteiger partial charge in [-0.05, 0) is 18.1 Å². The molecule has 3 nitrogen and oxygen atoms in total. The zero-order chi connectivity index (χ0) is 10.1. The first-order chi connectivity index (χ1) is 6.70. The molecule has 0 aliphatic carbocycles. The van der Waals surface area contributed by atoms with Gasteiger partial charge in [-0.3, -0.25) is 0 Å². The number of hydrogen-bond acceptors (Lipinski definition) is 3. The number of hydrogen-bond donors (Lipinski definition) is 1. The summed E-state index contributed by atoms with van der Waals surface area (Å²) in [5.74, 6) is 0.939. The van der Waals surface area contributed by atoms with Crippen LogP contribution in [0.1, 0.15) is 12.5 Å². The molecular weight excluding hydrogens is 198 g/mol. The first kappa shape index (κ1) is 9.74. The highest BCUT2D eigenvalue weighted by Gasteiger charge is 2.24. The van der Waals surface area contributed by atoms with Crippen molar-refractivity contribution in [2.45, 2.75) is 19.4 Å². The molecule has 1 aromatic rings. The van der Waals surface area contributed by atoms with Crippen molar-refractivity contribution < 1.29 is 0 Å². The van der Waals surface area contributed by atoms with E-state index >= 15 is 0 Å². The first-order valence-corrected chi connectivity index (χ1v) is 5.24. The van der Waals surface area contributed by atoms with Crippen LogP contribution in [0.2, 0.25) is 5.15 Å². The highest BCUT2D eigenvalue weighted by molar-refractivity contribution is 6.30. The van der Waals surface area contributed by atoms with Gasteiger partial charge in [-0.2, -0.15) is 0 Å². The van der Waals surface area contributed by atoms with Gasteiger partial charge in [0.05, 0.1) is 0 Å². The van der Waals surface area contributed by atoms with Crippen LogP contribution in [0.25, 0.3) is 0 Å². The van der Waals surface area contributed by atoms with Crippen LogP contribution in [-0.2, 0) is 6.42 Å². The number of pyridine rings is 1. The van der Waals surface area contributed by atoms with E-state index < -0.39 is 0 Å². The zero-order valence-corrected chi connectivity index (χ0v) is 8.96. The molecule has 0 amide bonds. The van der Waals surface area contributed by atoms with Crippen LogP contribution < -0.4 is 10.6 Å². The van der Waals surface area contributed by atoms with E-state index in [0.29, 0.717) is 11.2 Å². The van der Waals surface area contributed by atoms with Gasteiger partial charge in [0.25, 0.3) is 0 Å². The van der Waals surface area contributed by atoms with E-state index in [1.54, 1.807) is 0 Å². The molecule has 1 aromatic heterocycles. The number of rotatable bonds is 2. The molecule has 2 N–H and O–H groups in total. The van der Waals surface area contributed by atoms with Crippen LogP contribution in [0.4, 0.5) is 5.82 Å². The first-order valence-electron chi connectivity index (χ1n) is 4.86. The molecule has 2 heterocycles. The Balaban J connectivity index is 2.16. The van der Waals surface area contributed by atoms with Gasteiger partial charge in [0.1, 0.15) is 11.0 Å². The second kappa shape index (κ2) is 3.75. The predicted molar refractivity (Wildman–Crippen MR) is 58.8 cm³/mol. The Morgan fingerprint density at radius 2 is 2.29 bits per heavy atom. The van der Waals surface area contributed by atoms with Gasteiger partial charge in [0.2, 0.25) is 0 Å². The Bertz CT molecular complexity index is 334. The molecule has 1 saturated heterocycles. The van der Waals surface area contributed by atoms with Crippen LogP contribution >= 0.6 is 11.6 Å². The average Bonchev–Trinajstić information content (AvgIpc) is 2.13. The van der Waals surface area contributed by atoms with Gasteiger partial charge in [-0.15, -0.1) is 0 Å². The normalized spacial score (nSPS) is 16.9. The second-order valence-electron chi connectivity index (χ2n) is 3.64. The van der Waals surface area contributed by atoms with Crippen molar-refractivity contribution >= 4 is 17.4 Å². The van der Waals surface area contributed by atoms with Gasteiger partial charge in [0, 0.05) is 19.1 Å². The van der Waals surface area contributed by atoms with E-state index in [1.165, 1.54) is 0 Å². The summed E-state index contributed by atoms with van der Waals surface area (Å²) in [6.45, 7) is 3.84. The third-order valence-corrected chi connectivity index (χ3v) is 2.85. The lowest BCUT2D eigenvalue weighted by atomic mass is 10.1. The van der Waals surface area contributed by atoms with Crippen molar-refractivity contribution in [2.75, 3.05) is 18.0 Å². The zero-order valence-electron chi connectivity index (χ0n) is 8.20. The summed E-state index contributed by atoms with van der Waals surface area (Å²) in [4.78, 5) is 6.47. The summed E-state index contributed by atoms with van der Waals surface area (Å²) in [5, 5.41) is 0.616. The van der Waals surface area contributed by atoms with Gasteiger partial charge in [0.15, 0.2) is 0 Å². The minimum atomic E-state index is 0.293. The number of nitrogens with zero attached hydrogens (tertiary/aromatic N) is 2. The maximum Gasteiger partial charge on any atom is 0.134 e. The molecule has 1 aliphatic rings.